The molecule has 0 aromatic heterocycles. The van der Waals surface area contributed by atoms with Gasteiger partial charge >= 0.3 is 0 Å². The fourth-order valence-corrected chi connectivity index (χ4v) is 1.69. The average molecular weight is 270 g/mol. The summed E-state index contributed by atoms with van der Waals surface area (Å²) in [7, 11) is 2.18. The van der Waals surface area contributed by atoms with Crippen LogP contribution in [0, 0.1) is 6.92 Å². The van der Waals surface area contributed by atoms with Gasteiger partial charge in [0.25, 0.3) is 0 Å². The van der Waals surface area contributed by atoms with E-state index in [9.17, 15) is 0 Å². The maximum atomic E-state index is 3.57. The van der Waals surface area contributed by atoms with Crippen LogP contribution in [0.5, 0.6) is 0 Å². The summed E-state index contributed by atoms with van der Waals surface area (Å²) < 4.78 is 0. The van der Waals surface area contributed by atoms with Crippen LogP contribution in [-0.4, -0.2) is 23.3 Å². The maximum absolute atomic E-state index is 3.57. The van der Waals surface area contributed by atoms with Crippen molar-refractivity contribution in [2.24, 2.45) is 0 Å². The molecule has 1 unspecified atom stereocenters. The van der Waals surface area contributed by atoms with Crippen molar-refractivity contribution in [3.05, 3.63) is 35.4 Å². The maximum Gasteiger partial charge on any atom is 0.0230 e. The second-order valence-corrected chi connectivity index (χ2v) is 5.86. The van der Waals surface area contributed by atoms with Gasteiger partial charge in [-0.15, -0.1) is 0 Å². The van der Waals surface area contributed by atoms with Gasteiger partial charge < -0.3 is 4.90 Å². The lowest BCUT2D eigenvalue weighted by atomic mass is 10.1. The van der Waals surface area contributed by atoms with Gasteiger partial charge in [-0.05, 0) is 32.5 Å². The molecule has 0 radical (unpaired) electrons. The van der Waals surface area contributed by atoms with E-state index in [2.05, 4.69) is 66.0 Å². The second kappa shape index (κ2) is 6.29. The summed E-state index contributed by atoms with van der Waals surface area (Å²) in [6.07, 6.45) is 1.20. The van der Waals surface area contributed by atoms with Crippen molar-refractivity contribution in [1.82, 2.24) is 4.90 Å². The minimum atomic E-state index is 0.609. The molecule has 0 aliphatic heterocycles. The fraction of sp³-hybridized carbons (Fsp3) is 0.538. The lowest BCUT2D eigenvalue weighted by Crippen LogP contribution is -2.20. The zero-order valence-electron chi connectivity index (χ0n) is 9.83. The number of rotatable bonds is 5. The van der Waals surface area contributed by atoms with Crippen LogP contribution in [0.1, 0.15) is 24.5 Å². The zero-order chi connectivity index (χ0) is 11.3. The molecule has 0 saturated heterocycles. The van der Waals surface area contributed by atoms with Crippen molar-refractivity contribution < 1.29 is 0 Å². The Bertz CT molecular complexity index is 279. The average Bonchev–Trinajstić information content (AvgIpc) is 2.19. The second-order valence-electron chi connectivity index (χ2n) is 4.29. The van der Waals surface area contributed by atoms with Gasteiger partial charge in [-0.2, -0.15) is 0 Å². The highest BCUT2D eigenvalue weighted by atomic mass is 79.9. The topological polar surface area (TPSA) is 3.24 Å². The molecular weight excluding hydrogens is 250 g/mol. The Morgan fingerprint density at radius 2 is 1.87 bits per heavy atom. The quantitative estimate of drug-likeness (QED) is 0.739. The van der Waals surface area contributed by atoms with Crippen LogP contribution in [0.25, 0.3) is 0 Å². The van der Waals surface area contributed by atoms with E-state index in [0.29, 0.717) is 4.83 Å². The molecule has 0 N–H and O–H groups in total. The first-order valence-electron chi connectivity index (χ1n) is 5.46. The number of halogens is 1. The van der Waals surface area contributed by atoms with E-state index in [1.54, 1.807) is 0 Å². The normalized spacial score (nSPS) is 13.1. The van der Waals surface area contributed by atoms with Crippen LogP contribution in [0.4, 0.5) is 0 Å². The molecule has 1 aromatic carbocycles. The van der Waals surface area contributed by atoms with Crippen molar-refractivity contribution in [2.75, 3.05) is 13.6 Å². The predicted octanol–water partition coefficient (Wildman–Crippen LogP) is 3.60. The summed E-state index contributed by atoms with van der Waals surface area (Å²) >= 11 is 3.57. The monoisotopic (exact) mass is 269 g/mol. The van der Waals surface area contributed by atoms with E-state index in [-0.39, 0.29) is 0 Å². The Labute approximate surface area is 102 Å². The summed E-state index contributed by atoms with van der Waals surface area (Å²) in [5, 5.41) is 0. The molecule has 0 heterocycles. The van der Waals surface area contributed by atoms with E-state index in [0.717, 1.165) is 13.1 Å². The number of benzene rings is 1. The standard InChI is InChI=1S/C13H20BrN/c1-11-4-6-13(7-5-11)10-15(3)9-8-12(2)14/h4-7,12H,8-10H2,1-3H3. The molecule has 0 bridgehead atoms. The molecule has 1 nitrogen and oxygen atoms in total. The summed E-state index contributed by atoms with van der Waals surface area (Å²) in [4.78, 5) is 2.97. The number of aryl methyl sites for hydroxylation is 1. The van der Waals surface area contributed by atoms with Gasteiger partial charge in [0.2, 0.25) is 0 Å². The molecule has 15 heavy (non-hydrogen) atoms. The Morgan fingerprint density at radius 1 is 1.27 bits per heavy atom. The first-order chi connectivity index (χ1) is 7.08. The van der Waals surface area contributed by atoms with Gasteiger partial charge in [-0.1, -0.05) is 52.7 Å². The first kappa shape index (κ1) is 12.7. The molecule has 1 aromatic rings. The van der Waals surface area contributed by atoms with E-state index in [1.165, 1.54) is 17.5 Å². The smallest absolute Gasteiger partial charge is 0.0230 e. The number of nitrogens with zero attached hydrogens (tertiary/aromatic N) is 1. The minimum Gasteiger partial charge on any atom is -0.302 e. The molecule has 1 rings (SSSR count). The van der Waals surface area contributed by atoms with Crippen LogP contribution in [0.2, 0.25) is 0 Å². The highest BCUT2D eigenvalue weighted by Gasteiger charge is 2.02. The summed E-state index contributed by atoms with van der Waals surface area (Å²) in [6.45, 7) is 6.50. The number of hydrogen-bond donors (Lipinski definition) is 0. The Hall–Kier alpha value is -0.340. The van der Waals surface area contributed by atoms with Crippen LogP contribution in [-0.2, 0) is 6.54 Å². The van der Waals surface area contributed by atoms with Gasteiger partial charge in [0.1, 0.15) is 0 Å². The fourth-order valence-electron chi connectivity index (χ4n) is 1.48. The Kier molecular flexibility index (Phi) is 5.34. The molecular formula is C13H20BrN. The van der Waals surface area contributed by atoms with Crippen molar-refractivity contribution in [3.63, 3.8) is 0 Å². The number of hydrogen-bond acceptors (Lipinski definition) is 1. The molecule has 0 spiro atoms. The zero-order valence-corrected chi connectivity index (χ0v) is 11.4. The third-order valence-corrected chi connectivity index (χ3v) is 2.94. The lowest BCUT2D eigenvalue weighted by molar-refractivity contribution is 0.323. The highest BCUT2D eigenvalue weighted by Crippen LogP contribution is 2.08. The van der Waals surface area contributed by atoms with Crippen LogP contribution < -0.4 is 0 Å². The van der Waals surface area contributed by atoms with E-state index in [4.69, 9.17) is 0 Å². The van der Waals surface area contributed by atoms with Crippen molar-refractivity contribution in [2.45, 2.75) is 31.6 Å². The SMILES string of the molecule is Cc1ccc(CN(C)CCC(C)Br)cc1. The summed E-state index contributed by atoms with van der Waals surface area (Å²) in [5.41, 5.74) is 2.72. The van der Waals surface area contributed by atoms with Crippen LogP contribution >= 0.6 is 15.9 Å². The molecule has 0 saturated carbocycles. The van der Waals surface area contributed by atoms with Gasteiger partial charge in [0.05, 0.1) is 0 Å². The Morgan fingerprint density at radius 3 is 2.40 bits per heavy atom. The van der Waals surface area contributed by atoms with Gasteiger partial charge in [0.15, 0.2) is 0 Å². The molecule has 0 aliphatic rings. The highest BCUT2D eigenvalue weighted by molar-refractivity contribution is 9.09. The van der Waals surface area contributed by atoms with Crippen LogP contribution in [0.3, 0.4) is 0 Å². The lowest BCUT2D eigenvalue weighted by Gasteiger charge is -2.17. The van der Waals surface area contributed by atoms with E-state index < -0.39 is 0 Å². The van der Waals surface area contributed by atoms with Gasteiger partial charge in [-0.3, -0.25) is 0 Å². The van der Waals surface area contributed by atoms with Gasteiger partial charge in [0, 0.05) is 11.4 Å². The van der Waals surface area contributed by atoms with Crippen LogP contribution in [0.15, 0.2) is 24.3 Å². The molecule has 0 amide bonds. The summed E-state index contributed by atoms with van der Waals surface area (Å²) in [6, 6.07) is 8.78. The molecule has 0 aliphatic carbocycles. The first-order valence-corrected chi connectivity index (χ1v) is 6.37. The molecule has 0 fully saturated rings. The predicted molar refractivity (Wildman–Crippen MR) is 70.5 cm³/mol. The molecule has 84 valence electrons. The minimum absolute atomic E-state index is 0.609. The van der Waals surface area contributed by atoms with E-state index >= 15 is 0 Å². The number of alkyl halides is 1. The largest absolute Gasteiger partial charge is 0.302 e. The third-order valence-electron chi connectivity index (χ3n) is 2.48. The van der Waals surface area contributed by atoms with Gasteiger partial charge in [-0.25, -0.2) is 0 Å². The molecule has 2 heteroatoms. The Balaban J connectivity index is 2.37. The van der Waals surface area contributed by atoms with Crippen molar-refractivity contribution >= 4 is 15.9 Å². The van der Waals surface area contributed by atoms with E-state index in [1.807, 2.05) is 0 Å². The molecule has 1 atom stereocenters. The van der Waals surface area contributed by atoms with Crippen molar-refractivity contribution in [3.8, 4) is 0 Å². The summed E-state index contributed by atoms with van der Waals surface area (Å²) in [5.74, 6) is 0. The third kappa shape index (κ3) is 5.33. The van der Waals surface area contributed by atoms with Crippen molar-refractivity contribution in [1.29, 1.82) is 0 Å².